The van der Waals surface area contributed by atoms with E-state index in [9.17, 15) is 0 Å². The molecule has 88 valence electrons. The van der Waals surface area contributed by atoms with Gasteiger partial charge in [-0.15, -0.1) is 0 Å². The summed E-state index contributed by atoms with van der Waals surface area (Å²) in [6, 6.07) is 2.95. The molecule has 0 saturated carbocycles. The van der Waals surface area contributed by atoms with E-state index in [4.69, 9.17) is 9.15 Å². The summed E-state index contributed by atoms with van der Waals surface area (Å²) in [7, 11) is 0. The van der Waals surface area contributed by atoms with Crippen LogP contribution >= 0.6 is 0 Å². The minimum absolute atomic E-state index is 0.440. The first-order valence-electron chi connectivity index (χ1n) is 5.96. The van der Waals surface area contributed by atoms with Gasteiger partial charge in [0.05, 0.1) is 12.3 Å². The Morgan fingerprint density at radius 3 is 3.06 bits per heavy atom. The maximum atomic E-state index is 5.70. The molecular formula is C12H18N2O2. The minimum Gasteiger partial charge on any atom is -0.486 e. The summed E-state index contributed by atoms with van der Waals surface area (Å²) >= 11 is 0. The lowest BCUT2D eigenvalue weighted by molar-refractivity contribution is 0.137. The summed E-state index contributed by atoms with van der Waals surface area (Å²) in [5.74, 6) is 1.81. The molecule has 0 bridgehead atoms. The van der Waals surface area contributed by atoms with E-state index in [0.29, 0.717) is 12.1 Å². The Morgan fingerprint density at radius 2 is 2.25 bits per heavy atom. The van der Waals surface area contributed by atoms with Gasteiger partial charge in [-0.2, -0.15) is 0 Å². The second-order valence-electron chi connectivity index (χ2n) is 4.84. The summed E-state index contributed by atoms with van der Waals surface area (Å²) in [5.41, 5.74) is 0. The molecule has 0 N–H and O–H groups in total. The number of hydrogen-bond donors (Lipinski definition) is 0. The minimum atomic E-state index is 0.440. The van der Waals surface area contributed by atoms with Crippen LogP contribution in [0.1, 0.15) is 13.8 Å². The Labute approximate surface area is 95.8 Å². The Morgan fingerprint density at radius 1 is 1.38 bits per heavy atom. The van der Waals surface area contributed by atoms with Crippen molar-refractivity contribution in [2.24, 2.45) is 0 Å². The van der Waals surface area contributed by atoms with Crippen molar-refractivity contribution >= 4 is 5.88 Å². The highest BCUT2D eigenvalue weighted by Gasteiger charge is 2.35. The topological polar surface area (TPSA) is 28.9 Å². The normalized spacial score (nSPS) is 25.2. The molecule has 1 aromatic rings. The summed E-state index contributed by atoms with van der Waals surface area (Å²) in [5, 5.41) is 0. The fraction of sp³-hybridized carbons (Fsp3) is 0.667. The van der Waals surface area contributed by atoms with Gasteiger partial charge in [0.15, 0.2) is 5.75 Å². The number of piperazine rings is 1. The first-order valence-corrected chi connectivity index (χ1v) is 5.96. The third kappa shape index (κ3) is 1.48. The SMILES string of the molecule is CC(C)N1CCN2c3occc3OCC2C1. The summed E-state index contributed by atoms with van der Waals surface area (Å²) in [6.07, 6.45) is 1.71. The molecule has 3 rings (SSSR count). The van der Waals surface area contributed by atoms with Crippen LogP contribution in [0.25, 0.3) is 0 Å². The number of rotatable bonds is 1. The molecule has 4 heteroatoms. The maximum Gasteiger partial charge on any atom is 0.238 e. The molecule has 1 unspecified atom stereocenters. The fourth-order valence-electron chi connectivity index (χ4n) is 2.55. The number of furan rings is 1. The van der Waals surface area contributed by atoms with Gasteiger partial charge >= 0.3 is 0 Å². The van der Waals surface area contributed by atoms with Crippen LogP contribution in [0.5, 0.6) is 5.75 Å². The van der Waals surface area contributed by atoms with E-state index < -0.39 is 0 Å². The average molecular weight is 222 g/mol. The van der Waals surface area contributed by atoms with Crippen molar-refractivity contribution in [3.05, 3.63) is 12.3 Å². The first-order chi connectivity index (χ1) is 7.75. The van der Waals surface area contributed by atoms with Crippen LogP contribution in [0.4, 0.5) is 5.88 Å². The van der Waals surface area contributed by atoms with Crippen LogP contribution in [0.3, 0.4) is 0 Å². The molecule has 2 aliphatic rings. The second kappa shape index (κ2) is 3.70. The number of ether oxygens (including phenoxy) is 1. The van der Waals surface area contributed by atoms with Gasteiger partial charge in [-0.05, 0) is 13.8 Å². The lowest BCUT2D eigenvalue weighted by Gasteiger charge is -2.44. The Bertz CT molecular complexity index is 375. The van der Waals surface area contributed by atoms with Gasteiger partial charge in [-0.3, -0.25) is 4.90 Å². The lowest BCUT2D eigenvalue weighted by Crippen LogP contribution is -2.58. The van der Waals surface area contributed by atoms with Crippen LogP contribution in [-0.4, -0.2) is 43.2 Å². The molecule has 1 atom stereocenters. The van der Waals surface area contributed by atoms with Crippen LogP contribution in [0.15, 0.2) is 16.7 Å². The molecule has 1 fully saturated rings. The first kappa shape index (κ1) is 10.0. The number of anilines is 1. The average Bonchev–Trinajstić information content (AvgIpc) is 2.76. The summed E-state index contributed by atoms with van der Waals surface area (Å²) in [6.45, 7) is 8.48. The summed E-state index contributed by atoms with van der Waals surface area (Å²) in [4.78, 5) is 4.84. The molecule has 0 spiro atoms. The van der Waals surface area contributed by atoms with E-state index in [0.717, 1.165) is 37.9 Å². The highest BCUT2D eigenvalue weighted by Crippen LogP contribution is 2.36. The molecule has 16 heavy (non-hydrogen) atoms. The van der Waals surface area contributed by atoms with E-state index in [2.05, 4.69) is 23.6 Å². The molecule has 1 aromatic heterocycles. The highest BCUT2D eigenvalue weighted by atomic mass is 16.5. The van der Waals surface area contributed by atoms with Crippen molar-refractivity contribution in [2.75, 3.05) is 31.1 Å². The van der Waals surface area contributed by atoms with Crippen molar-refractivity contribution in [1.82, 2.24) is 4.90 Å². The monoisotopic (exact) mass is 222 g/mol. The van der Waals surface area contributed by atoms with E-state index in [-0.39, 0.29) is 0 Å². The number of hydrogen-bond acceptors (Lipinski definition) is 4. The van der Waals surface area contributed by atoms with E-state index in [1.54, 1.807) is 6.26 Å². The molecule has 2 aliphatic heterocycles. The third-order valence-corrected chi connectivity index (χ3v) is 3.55. The number of fused-ring (bicyclic) bond motifs is 3. The van der Waals surface area contributed by atoms with E-state index in [1.165, 1.54) is 0 Å². The molecule has 0 radical (unpaired) electrons. The molecule has 1 saturated heterocycles. The highest BCUT2D eigenvalue weighted by molar-refractivity contribution is 5.53. The van der Waals surface area contributed by atoms with Gasteiger partial charge in [0, 0.05) is 31.7 Å². The zero-order valence-electron chi connectivity index (χ0n) is 9.85. The predicted octanol–water partition coefficient (Wildman–Crippen LogP) is 1.57. The Hall–Kier alpha value is -1.16. The Kier molecular flexibility index (Phi) is 2.32. The second-order valence-corrected chi connectivity index (χ2v) is 4.84. The van der Waals surface area contributed by atoms with E-state index in [1.807, 2.05) is 6.07 Å². The van der Waals surface area contributed by atoms with Crippen LogP contribution < -0.4 is 9.64 Å². The van der Waals surface area contributed by atoms with Crippen LogP contribution in [0.2, 0.25) is 0 Å². The van der Waals surface area contributed by atoms with Gasteiger partial charge in [-0.25, -0.2) is 0 Å². The quantitative estimate of drug-likeness (QED) is 0.721. The summed E-state index contributed by atoms with van der Waals surface area (Å²) < 4.78 is 11.2. The molecular weight excluding hydrogens is 204 g/mol. The van der Waals surface area contributed by atoms with Crippen molar-refractivity contribution in [3.63, 3.8) is 0 Å². The number of nitrogens with zero attached hydrogens (tertiary/aromatic N) is 2. The van der Waals surface area contributed by atoms with E-state index >= 15 is 0 Å². The third-order valence-electron chi connectivity index (χ3n) is 3.55. The Balaban J connectivity index is 1.80. The van der Waals surface area contributed by atoms with Crippen molar-refractivity contribution in [1.29, 1.82) is 0 Å². The molecule has 3 heterocycles. The predicted molar refractivity (Wildman–Crippen MR) is 62.0 cm³/mol. The molecule has 0 aromatic carbocycles. The zero-order chi connectivity index (χ0) is 11.1. The molecule has 0 amide bonds. The standard InChI is InChI=1S/C12H18N2O2/c1-9(2)13-4-5-14-10(7-13)8-16-11-3-6-15-12(11)14/h3,6,9-10H,4-5,7-8H2,1-2H3. The van der Waals surface area contributed by atoms with Crippen molar-refractivity contribution in [2.45, 2.75) is 25.9 Å². The van der Waals surface area contributed by atoms with Gasteiger partial charge < -0.3 is 14.1 Å². The van der Waals surface area contributed by atoms with Gasteiger partial charge in [0.25, 0.3) is 0 Å². The van der Waals surface area contributed by atoms with Crippen LogP contribution in [-0.2, 0) is 0 Å². The van der Waals surface area contributed by atoms with Crippen molar-refractivity contribution in [3.8, 4) is 5.75 Å². The fourth-order valence-corrected chi connectivity index (χ4v) is 2.55. The van der Waals surface area contributed by atoms with Gasteiger partial charge in [-0.1, -0.05) is 0 Å². The molecule has 0 aliphatic carbocycles. The zero-order valence-corrected chi connectivity index (χ0v) is 9.85. The molecule has 4 nitrogen and oxygen atoms in total. The van der Waals surface area contributed by atoms with Crippen molar-refractivity contribution < 1.29 is 9.15 Å². The maximum absolute atomic E-state index is 5.70. The largest absolute Gasteiger partial charge is 0.486 e. The lowest BCUT2D eigenvalue weighted by atomic mass is 10.1. The van der Waals surface area contributed by atoms with Gasteiger partial charge in [0.2, 0.25) is 5.88 Å². The van der Waals surface area contributed by atoms with Crippen LogP contribution in [0, 0.1) is 0 Å². The van der Waals surface area contributed by atoms with Gasteiger partial charge in [0.1, 0.15) is 6.61 Å². The smallest absolute Gasteiger partial charge is 0.238 e.